The third-order valence-electron chi connectivity index (χ3n) is 3.08. The van der Waals surface area contributed by atoms with Crippen LogP contribution < -0.4 is 5.73 Å². The van der Waals surface area contributed by atoms with Gasteiger partial charge < -0.3 is 10.2 Å². The number of hydrogen-bond acceptors (Lipinski definition) is 2. The van der Waals surface area contributed by atoms with Gasteiger partial charge in [-0.05, 0) is 24.3 Å². The fraction of sp³-hybridized carbons (Fsp3) is 0. The van der Waals surface area contributed by atoms with Crippen LogP contribution in [0.25, 0.3) is 21.9 Å². The van der Waals surface area contributed by atoms with Crippen LogP contribution in [0.5, 0.6) is 0 Å². The molecule has 4 rings (SSSR count). The molecule has 2 nitrogen and oxygen atoms in total. The number of nitrogen functional groups attached to an aromatic ring is 1. The van der Waals surface area contributed by atoms with Gasteiger partial charge in [-0.15, -0.1) is 0 Å². The maximum absolute atomic E-state index is 5.65. The Morgan fingerprint density at radius 1 is 0.550 bits per heavy atom. The molecule has 4 aromatic rings. The lowest BCUT2D eigenvalue weighted by Gasteiger charge is -1.85. The average molecular weight is 261 g/mol. The summed E-state index contributed by atoms with van der Waals surface area (Å²) in [6.45, 7) is 0. The number of nitrogens with two attached hydrogens (primary N) is 1. The Morgan fingerprint density at radius 3 is 1.45 bits per heavy atom. The van der Waals surface area contributed by atoms with Gasteiger partial charge in [-0.3, -0.25) is 0 Å². The van der Waals surface area contributed by atoms with E-state index in [1.807, 2.05) is 66.7 Å². The van der Waals surface area contributed by atoms with E-state index in [2.05, 4.69) is 12.1 Å². The Morgan fingerprint density at radius 2 is 1.00 bits per heavy atom. The lowest BCUT2D eigenvalue weighted by Crippen LogP contribution is -1.79. The molecular formula is C18H15NO. The van der Waals surface area contributed by atoms with Gasteiger partial charge >= 0.3 is 0 Å². The van der Waals surface area contributed by atoms with Crippen LogP contribution in [0.3, 0.4) is 0 Å². The first-order valence-corrected chi connectivity index (χ1v) is 6.51. The highest BCUT2D eigenvalue weighted by molar-refractivity contribution is 6.04. The van der Waals surface area contributed by atoms with Gasteiger partial charge in [0.2, 0.25) is 0 Å². The van der Waals surface area contributed by atoms with Crippen molar-refractivity contribution in [1.82, 2.24) is 0 Å². The minimum Gasteiger partial charge on any atom is -0.456 e. The van der Waals surface area contributed by atoms with Crippen molar-refractivity contribution in [3.05, 3.63) is 78.9 Å². The average Bonchev–Trinajstić information content (AvgIpc) is 2.87. The summed E-state index contributed by atoms with van der Waals surface area (Å²) in [5.74, 6) is 0. The highest BCUT2D eigenvalue weighted by Gasteiger charge is 2.03. The fourth-order valence-electron chi connectivity index (χ4n) is 2.13. The molecule has 0 amide bonds. The molecule has 98 valence electrons. The summed E-state index contributed by atoms with van der Waals surface area (Å²) in [5.41, 5.74) is 8.10. The first-order chi connectivity index (χ1) is 9.84. The highest BCUT2D eigenvalue weighted by Crippen LogP contribution is 2.27. The molecule has 0 saturated heterocycles. The fourth-order valence-corrected chi connectivity index (χ4v) is 2.13. The largest absolute Gasteiger partial charge is 0.456 e. The number of furan rings is 1. The number of hydrogen-bond donors (Lipinski definition) is 1. The van der Waals surface area contributed by atoms with E-state index in [1.54, 1.807) is 0 Å². The summed E-state index contributed by atoms with van der Waals surface area (Å²) in [6.07, 6.45) is 0. The molecule has 1 heterocycles. The van der Waals surface area contributed by atoms with Crippen LogP contribution in [-0.4, -0.2) is 0 Å². The Hall–Kier alpha value is -2.74. The normalized spacial score (nSPS) is 10.2. The Kier molecular flexibility index (Phi) is 3.38. The molecule has 0 unspecified atom stereocenters. The van der Waals surface area contributed by atoms with Crippen molar-refractivity contribution < 1.29 is 4.42 Å². The van der Waals surface area contributed by atoms with Crippen LogP contribution >= 0.6 is 0 Å². The lowest BCUT2D eigenvalue weighted by atomic mass is 10.2. The molecule has 0 aliphatic carbocycles. The topological polar surface area (TPSA) is 39.2 Å². The van der Waals surface area contributed by atoms with Gasteiger partial charge in [0.05, 0.1) is 0 Å². The third-order valence-corrected chi connectivity index (χ3v) is 3.08. The Balaban J connectivity index is 0.000000147. The van der Waals surface area contributed by atoms with Crippen molar-refractivity contribution in [2.75, 3.05) is 5.73 Å². The quantitative estimate of drug-likeness (QED) is 0.459. The summed E-state index contributed by atoms with van der Waals surface area (Å²) >= 11 is 0. The molecule has 0 spiro atoms. The number of para-hydroxylation sites is 3. The summed E-state index contributed by atoms with van der Waals surface area (Å²) in [7, 11) is 0. The monoisotopic (exact) mass is 261 g/mol. The lowest BCUT2D eigenvalue weighted by molar-refractivity contribution is 0.669. The molecule has 3 aromatic carbocycles. The SMILES string of the molecule is Nc1ccccc1.c1ccc2c(c1)oc1ccccc12. The summed E-state index contributed by atoms with van der Waals surface area (Å²) < 4.78 is 5.65. The summed E-state index contributed by atoms with van der Waals surface area (Å²) in [6, 6.07) is 25.7. The Labute approximate surface area is 117 Å². The van der Waals surface area contributed by atoms with Crippen LogP contribution in [0.4, 0.5) is 5.69 Å². The third kappa shape index (κ3) is 2.50. The second kappa shape index (κ2) is 5.49. The van der Waals surface area contributed by atoms with E-state index >= 15 is 0 Å². The zero-order chi connectivity index (χ0) is 13.8. The van der Waals surface area contributed by atoms with Gasteiger partial charge in [0, 0.05) is 16.5 Å². The van der Waals surface area contributed by atoms with Crippen molar-refractivity contribution in [1.29, 1.82) is 0 Å². The number of benzene rings is 3. The van der Waals surface area contributed by atoms with Crippen molar-refractivity contribution >= 4 is 27.6 Å². The molecule has 0 aliphatic rings. The number of anilines is 1. The van der Waals surface area contributed by atoms with Gasteiger partial charge in [-0.25, -0.2) is 0 Å². The number of rotatable bonds is 0. The zero-order valence-electron chi connectivity index (χ0n) is 11.0. The zero-order valence-corrected chi connectivity index (χ0v) is 11.0. The van der Waals surface area contributed by atoms with Gasteiger partial charge in [-0.1, -0.05) is 54.6 Å². The van der Waals surface area contributed by atoms with Gasteiger partial charge in [-0.2, -0.15) is 0 Å². The molecule has 0 saturated carbocycles. The molecule has 0 fully saturated rings. The highest BCUT2D eigenvalue weighted by atomic mass is 16.3. The van der Waals surface area contributed by atoms with E-state index < -0.39 is 0 Å². The molecule has 2 N–H and O–H groups in total. The van der Waals surface area contributed by atoms with Gasteiger partial charge in [0.25, 0.3) is 0 Å². The second-order valence-corrected chi connectivity index (χ2v) is 4.51. The van der Waals surface area contributed by atoms with E-state index in [-0.39, 0.29) is 0 Å². The van der Waals surface area contributed by atoms with E-state index in [9.17, 15) is 0 Å². The number of fused-ring (bicyclic) bond motifs is 3. The Bertz CT molecular complexity index is 768. The summed E-state index contributed by atoms with van der Waals surface area (Å²) in [4.78, 5) is 0. The van der Waals surface area contributed by atoms with E-state index in [0.29, 0.717) is 0 Å². The summed E-state index contributed by atoms with van der Waals surface area (Å²) in [5, 5.41) is 2.39. The molecular weight excluding hydrogens is 246 g/mol. The first kappa shape index (κ1) is 12.3. The van der Waals surface area contributed by atoms with Crippen LogP contribution in [0, 0.1) is 0 Å². The van der Waals surface area contributed by atoms with Crippen LogP contribution in [0.2, 0.25) is 0 Å². The first-order valence-electron chi connectivity index (χ1n) is 6.51. The van der Waals surface area contributed by atoms with Gasteiger partial charge in [0.1, 0.15) is 11.2 Å². The predicted molar refractivity (Wildman–Crippen MR) is 84.6 cm³/mol. The molecule has 0 atom stereocenters. The minimum atomic E-state index is 0.822. The molecule has 1 aromatic heterocycles. The van der Waals surface area contributed by atoms with Crippen molar-refractivity contribution in [2.24, 2.45) is 0 Å². The smallest absolute Gasteiger partial charge is 0.135 e. The maximum Gasteiger partial charge on any atom is 0.135 e. The van der Waals surface area contributed by atoms with Crippen molar-refractivity contribution in [3.8, 4) is 0 Å². The van der Waals surface area contributed by atoms with Crippen LogP contribution in [0.1, 0.15) is 0 Å². The van der Waals surface area contributed by atoms with E-state index in [1.165, 1.54) is 10.8 Å². The molecule has 20 heavy (non-hydrogen) atoms. The van der Waals surface area contributed by atoms with E-state index in [4.69, 9.17) is 10.2 Å². The molecule has 0 aliphatic heterocycles. The molecule has 2 heteroatoms. The van der Waals surface area contributed by atoms with Crippen LogP contribution in [-0.2, 0) is 0 Å². The molecule has 0 radical (unpaired) electrons. The van der Waals surface area contributed by atoms with Crippen molar-refractivity contribution in [3.63, 3.8) is 0 Å². The van der Waals surface area contributed by atoms with Crippen LogP contribution in [0.15, 0.2) is 83.3 Å². The maximum atomic E-state index is 5.65. The standard InChI is InChI=1S/C12H8O.C6H7N/c1-3-7-11-9(5-1)10-6-2-4-8-12(10)13-11;7-6-4-2-1-3-5-6/h1-8H;1-5H,7H2. The molecule has 0 bridgehead atoms. The van der Waals surface area contributed by atoms with Gasteiger partial charge in [0.15, 0.2) is 0 Å². The van der Waals surface area contributed by atoms with Crippen molar-refractivity contribution in [2.45, 2.75) is 0 Å². The minimum absolute atomic E-state index is 0.822. The van der Waals surface area contributed by atoms with E-state index in [0.717, 1.165) is 16.9 Å². The second-order valence-electron chi connectivity index (χ2n) is 4.51. The predicted octanol–water partition coefficient (Wildman–Crippen LogP) is 4.85.